The van der Waals surface area contributed by atoms with Gasteiger partial charge in [0.1, 0.15) is 0 Å². The van der Waals surface area contributed by atoms with Crippen LogP contribution in [0.3, 0.4) is 0 Å². The molecule has 2 aromatic rings. The van der Waals surface area contributed by atoms with Gasteiger partial charge < -0.3 is 14.9 Å². The van der Waals surface area contributed by atoms with Crippen LogP contribution in [0.4, 0.5) is 0 Å². The van der Waals surface area contributed by atoms with Gasteiger partial charge in [-0.1, -0.05) is 24.4 Å². The highest BCUT2D eigenvalue weighted by molar-refractivity contribution is 7.08. The Morgan fingerprint density at radius 1 is 1.41 bits per heavy atom. The number of nitrogens with one attached hydrogen (secondary N) is 1. The molecule has 1 atom stereocenters. The van der Waals surface area contributed by atoms with Crippen molar-refractivity contribution in [2.24, 2.45) is 5.92 Å². The van der Waals surface area contributed by atoms with Gasteiger partial charge in [0, 0.05) is 16.5 Å². The third-order valence-corrected chi connectivity index (χ3v) is 5.41. The molecule has 3 rings (SSSR count). The molecule has 1 fully saturated rings. The van der Waals surface area contributed by atoms with Gasteiger partial charge in [0.25, 0.3) is 0 Å². The molecular formula is C16H23N3O2S. The van der Waals surface area contributed by atoms with Crippen LogP contribution >= 0.6 is 11.3 Å². The summed E-state index contributed by atoms with van der Waals surface area (Å²) < 4.78 is 5.32. The van der Waals surface area contributed by atoms with E-state index in [-0.39, 0.29) is 12.1 Å². The smallest absolute Gasteiger partial charge is 0.240 e. The summed E-state index contributed by atoms with van der Waals surface area (Å²) in [6.45, 7) is 2.72. The van der Waals surface area contributed by atoms with Crippen molar-refractivity contribution < 1.29 is 9.63 Å². The van der Waals surface area contributed by atoms with E-state index in [1.54, 1.807) is 11.3 Å². The minimum atomic E-state index is -0.280. The zero-order chi connectivity index (χ0) is 15.4. The Morgan fingerprint density at radius 3 is 2.91 bits per heavy atom. The second-order valence-electron chi connectivity index (χ2n) is 6.29. The number of nitrogens with zero attached hydrogens (tertiary/aromatic N) is 2. The standard InChI is InChI=1S/C16H23N3O2S/c1-16(11-20,13-5-3-2-4-6-13)17-9-14-18-15(19-21-14)12-7-8-22-10-12/h7-8,10,13,17,20H,2-6,9,11H2,1H3. The lowest BCUT2D eigenvalue weighted by molar-refractivity contribution is 0.0908. The molecule has 6 heteroatoms. The molecule has 0 saturated heterocycles. The van der Waals surface area contributed by atoms with E-state index >= 15 is 0 Å². The molecule has 0 radical (unpaired) electrons. The Balaban J connectivity index is 1.63. The quantitative estimate of drug-likeness (QED) is 0.855. The monoisotopic (exact) mass is 321 g/mol. The van der Waals surface area contributed by atoms with E-state index in [0.29, 0.717) is 24.2 Å². The minimum Gasteiger partial charge on any atom is -0.394 e. The molecule has 0 aromatic carbocycles. The zero-order valence-corrected chi connectivity index (χ0v) is 13.7. The predicted octanol–water partition coefficient (Wildman–Crippen LogP) is 3.22. The first-order chi connectivity index (χ1) is 10.7. The van der Waals surface area contributed by atoms with Gasteiger partial charge in [-0.15, -0.1) is 0 Å². The molecule has 0 aliphatic heterocycles. The molecule has 1 aliphatic rings. The first kappa shape index (κ1) is 15.6. The lowest BCUT2D eigenvalue weighted by Crippen LogP contribution is -2.52. The summed E-state index contributed by atoms with van der Waals surface area (Å²) in [6, 6.07) is 1.98. The highest BCUT2D eigenvalue weighted by Crippen LogP contribution is 2.32. The van der Waals surface area contributed by atoms with Crippen molar-refractivity contribution in [3.63, 3.8) is 0 Å². The van der Waals surface area contributed by atoms with Crippen LogP contribution in [0.2, 0.25) is 0 Å². The van der Waals surface area contributed by atoms with Crippen molar-refractivity contribution in [2.75, 3.05) is 6.61 Å². The lowest BCUT2D eigenvalue weighted by atomic mass is 9.76. The van der Waals surface area contributed by atoms with Crippen LogP contribution in [0.1, 0.15) is 44.9 Å². The Labute approximate surface area is 134 Å². The van der Waals surface area contributed by atoms with Crippen LogP contribution < -0.4 is 5.32 Å². The van der Waals surface area contributed by atoms with Crippen molar-refractivity contribution >= 4 is 11.3 Å². The molecule has 2 heterocycles. The molecule has 0 spiro atoms. The Hall–Kier alpha value is -1.24. The molecule has 0 bridgehead atoms. The van der Waals surface area contributed by atoms with E-state index < -0.39 is 0 Å². The number of rotatable bonds is 6. The third kappa shape index (κ3) is 3.39. The number of aromatic nitrogens is 2. The Bertz CT molecular complexity index is 578. The lowest BCUT2D eigenvalue weighted by Gasteiger charge is -2.39. The number of aliphatic hydroxyl groups is 1. The van der Waals surface area contributed by atoms with E-state index in [4.69, 9.17) is 4.52 Å². The van der Waals surface area contributed by atoms with Crippen molar-refractivity contribution in [3.8, 4) is 11.4 Å². The Morgan fingerprint density at radius 2 is 2.23 bits per heavy atom. The van der Waals surface area contributed by atoms with Gasteiger partial charge in [0.15, 0.2) is 0 Å². The van der Waals surface area contributed by atoms with Crippen LogP contribution in [-0.4, -0.2) is 27.4 Å². The van der Waals surface area contributed by atoms with Crippen molar-refractivity contribution in [3.05, 3.63) is 22.7 Å². The van der Waals surface area contributed by atoms with Crippen LogP contribution in [-0.2, 0) is 6.54 Å². The van der Waals surface area contributed by atoms with Gasteiger partial charge in [-0.2, -0.15) is 16.3 Å². The predicted molar refractivity (Wildman–Crippen MR) is 86.5 cm³/mol. The summed E-state index contributed by atoms with van der Waals surface area (Å²) in [5, 5.41) is 21.3. The maximum absolute atomic E-state index is 9.84. The van der Waals surface area contributed by atoms with Gasteiger partial charge in [-0.25, -0.2) is 0 Å². The molecule has 22 heavy (non-hydrogen) atoms. The van der Waals surface area contributed by atoms with E-state index in [9.17, 15) is 5.11 Å². The van der Waals surface area contributed by atoms with E-state index in [2.05, 4.69) is 22.4 Å². The topological polar surface area (TPSA) is 71.2 Å². The zero-order valence-electron chi connectivity index (χ0n) is 12.9. The van der Waals surface area contributed by atoms with Crippen LogP contribution in [0.5, 0.6) is 0 Å². The molecule has 2 aromatic heterocycles. The second kappa shape index (κ2) is 6.89. The van der Waals surface area contributed by atoms with Gasteiger partial charge in [-0.3, -0.25) is 0 Å². The average molecular weight is 321 g/mol. The van der Waals surface area contributed by atoms with E-state index in [1.807, 2.05) is 16.8 Å². The van der Waals surface area contributed by atoms with Crippen LogP contribution in [0.15, 0.2) is 21.3 Å². The van der Waals surface area contributed by atoms with Gasteiger partial charge >= 0.3 is 0 Å². The first-order valence-corrected chi connectivity index (χ1v) is 8.86. The van der Waals surface area contributed by atoms with Gasteiger partial charge in [0.05, 0.1) is 13.2 Å². The molecular weight excluding hydrogens is 298 g/mol. The molecule has 1 saturated carbocycles. The maximum atomic E-state index is 9.84. The summed E-state index contributed by atoms with van der Waals surface area (Å²) in [4.78, 5) is 4.42. The first-order valence-electron chi connectivity index (χ1n) is 7.92. The van der Waals surface area contributed by atoms with Crippen LogP contribution in [0.25, 0.3) is 11.4 Å². The fourth-order valence-corrected chi connectivity index (χ4v) is 3.82. The fourth-order valence-electron chi connectivity index (χ4n) is 3.18. The summed E-state index contributed by atoms with van der Waals surface area (Å²) in [5.74, 6) is 1.70. The fraction of sp³-hybridized carbons (Fsp3) is 0.625. The molecule has 2 N–H and O–H groups in total. The average Bonchev–Trinajstić information content (AvgIpc) is 3.24. The van der Waals surface area contributed by atoms with E-state index in [1.165, 1.54) is 32.1 Å². The maximum Gasteiger partial charge on any atom is 0.240 e. The number of thiophene rings is 1. The molecule has 5 nitrogen and oxygen atoms in total. The van der Waals surface area contributed by atoms with Crippen LogP contribution in [0, 0.1) is 5.92 Å². The van der Waals surface area contributed by atoms with Gasteiger partial charge in [0.2, 0.25) is 11.7 Å². The number of aliphatic hydroxyl groups excluding tert-OH is 1. The second-order valence-corrected chi connectivity index (χ2v) is 7.07. The number of hydrogen-bond donors (Lipinski definition) is 2. The van der Waals surface area contributed by atoms with Crippen molar-refractivity contribution in [1.29, 1.82) is 0 Å². The van der Waals surface area contributed by atoms with Gasteiger partial charge in [-0.05, 0) is 37.1 Å². The minimum absolute atomic E-state index is 0.128. The summed E-state index contributed by atoms with van der Waals surface area (Å²) in [7, 11) is 0. The van der Waals surface area contributed by atoms with Crippen molar-refractivity contribution in [1.82, 2.24) is 15.5 Å². The third-order valence-electron chi connectivity index (χ3n) is 4.73. The molecule has 1 aliphatic carbocycles. The SMILES string of the molecule is CC(CO)(NCc1nc(-c2ccsc2)no1)C1CCCCC1. The normalized spacial score (nSPS) is 19.2. The summed E-state index contributed by atoms with van der Waals surface area (Å²) >= 11 is 1.61. The number of hydrogen-bond acceptors (Lipinski definition) is 6. The molecule has 120 valence electrons. The Kier molecular flexibility index (Phi) is 4.90. The molecule has 0 amide bonds. The highest BCUT2D eigenvalue weighted by Gasteiger charge is 2.34. The van der Waals surface area contributed by atoms with E-state index in [0.717, 1.165) is 5.56 Å². The summed E-state index contributed by atoms with van der Waals surface area (Å²) in [5.41, 5.74) is 0.703. The van der Waals surface area contributed by atoms with Crippen molar-refractivity contribution in [2.45, 2.75) is 51.1 Å². The largest absolute Gasteiger partial charge is 0.394 e. The molecule has 1 unspecified atom stereocenters. The highest BCUT2D eigenvalue weighted by atomic mass is 32.1. The summed E-state index contributed by atoms with van der Waals surface area (Å²) in [6.07, 6.45) is 6.17.